The highest BCUT2D eigenvalue weighted by atomic mass is 79.9. The maximum atomic E-state index is 5.80. The standard InChI is InChI=1S/C9H11BrClN3/c1-2-13-9(12)14-8-4-3-6(11)5-7(8)10/h3-5H,2H2,1H3,(H3,12,13,14). The fourth-order valence-electron chi connectivity index (χ4n) is 0.939. The molecule has 0 saturated carbocycles. The molecule has 0 saturated heterocycles. The molecule has 0 bridgehead atoms. The van der Waals surface area contributed by atoms with Gasteiger partial charge in [-0.3, -0.25) is 4.99 Å². The summed E-state index contributed by atoms with van der Waals surface area (Å²) >= 11 is 9.16. The molecule has 14 heavy (non-hydrogen) atoms. The molecule has 0 atom stereocenters. The lowest BCUT2D eigenvalue weighted by molar-refractivity contribution is 1.12. The van der Waals surface area contributed by atoms with E-state index in [1.165, 1.54) is 0 Å². The second-order valence-electron chi connectivity index (χ2n) is 2.61. The molecule has 1 aromatic rings. The highest BCUT2D eigenvalue weighted by Crippen LogP contribution is 2.25. The van der Waals surface area contributed by atoms with Gasteiger partial charge >= 0.3 is 0 Å². The molecule has 0 heterocycles. The lowest BCUT2D eigenvalue weighted by atomic mass is 10.3. The molecule has 0 aliphatic carbocycles. The van der Waals surface area contributed by atoms with Crippen molar-refractivity contribution in [3.63, 3.8) is 0 Å². The van der Waals surface area contributed by atoms with E-state index in [0.29, 0.717) is 17.5 Å². The molecule has 0 aliphatic rings. The summed E-state index contributed by atoms with van der Waals surface area (Å²) in [6.45, 7) is 2.58. The second-order valence-corrected chi connectivity index (χ2v) is 3.90. The Labute approximate surface area is 96.5 Å². The van der Waals surface area contributed by atoms with E-state index in [9.17, 15) is 0 Å². The Balaban J connectivity index is 2.82. The van der Waals surface area contributed by atoms with Crippen molar-refractivity contribution in [1.82, 2.24) is 0 Å². The lowest BCUT2D eigenvalue weighted by Crippen LogP contribution is -2.22. The highest BCUT2D eigenvalue weighted by molar-refractivity contribution is 9.10. The van der Waals surface area contributed by atoms with Gasteiger partial charge < -0.3 is 11.1 Å². The van der Waals surface area contributed by atoms with Crippen molar-refractivity contribution in [2.24, 2.45) is 10.7 Å². The lowest BCUT2D eigenvalue weighted by Gasteiger charge is -2.07. The van der Waals surface area contributed by atoms with Crippen LogP contribution in [0.3, 0.4) is 0 Å². The fraction of sp³-hybridized carbons (Fsp3) is 0.222. The Hall–Kier alpha value is -0.740. The quantitative estimate of drug-likeness (QED) is 0.644. The number of nitrogens with one attached hydrogen (secondary N) is 1. The molecule has 0 radical (unpaired) electrons. The summed E-state index contributed by atoms with van der Waals surface area (Å²) in [5.74, 6) is 0.399. The van der Waals surface area contributed by atoms with Crippen LogP contribution in [0.4, 0.5) is 5.69 Å². The molecule has 0 aliphatic heterocycles. The molecule has 3 nitrogen and oxygen atoms in total. The zero-order chi connectivity index (χ0) is 10.6. The Morgan fingerprint density at radius 1 is 1.64 bits per heavy atom. The van der Waals surface area contributed by atoms with Crippen molar-refractivity contribution in [3.8, 4) is 0 Å². The van der Waals surface area contributed by atoms with E-state index in [4.69, 9.17) is 17.3 Å². The van der Waals surface area contributed by atoms with Gasteiger partial charge in [0, 0.05) is 16.0 Å². The fourth-order valence-corrected chi connectivity index (χ4v) is 1.72. The number of hydrogen-bond donors (Lipinski definition) is 2. The van der Waals surface area contributed by atoms with Crippen molar-refractivity contribution < 1.29 is 0 Å². The van der Waals surface area contributed by atoms with Crippen LogP contribution in [0.1, 0.15) is 6.92 Å². The first-order valence-corrected chi connectivity index (χ1v) is 5.32. The van der Waals surface area contributed by atoms with Crippen LogP contribution in [0.5, 0.6) is 0 Å². The number of aliphatic imine (C=N–C) groups is 1. The van der Waals surface area contributed by atoms with Crippen LogP contribution in [0.2, 0.25) is 5.02 Å². The summed E-state index contributed by atoms with van der Waals surface area (Å²) in [5.41, 5.74) is 6.46. The van der Waals surface area contributed by atoms with Crippen LogP contribution in [0, 0.1) is 0 Å². The van der Waals surface area contributed by atoms with Crippen LogP contribution >= 0.6 is 27.5 Å². The minimum absolute atomic E-state index is 0.399. The number of rotatable bonds is 2. The average Bonchev–Trinajstić information content (AvgIpc) is 2.10. The summed E-state index contributed by atoms with van der Waals surface area (Å²) in [7, 11) is 0. The summed E-state index contributed by atoms with van der Waals surface area (Å²) < 4.78 is 0.860. The van der Waals surface area contributed by atoms with E-state index in [1.807, 2.05) is 13.0 Å². The SMILES string of the molecule is CCN=C(N)Nc1ccc(Cl)cc1Br. The molecule has 3 N–H and O–H groups in total. The smallest absolute Gasteiger partial charge is 0.193 e. The Morgan fingerprint density at radius 3 is 2.93 bits per heavy atom. The van der Waals surface area contributed by atoms with E-state index < -0.39 is 0 Å². The van der Waals surface area contributed by atoms with Crippen molar-refractivity contribution in [2.75, 3.05) is 11.9 Å². The van der Waals surface area contributed by atoms with E-state index in [-0.39, 0.29) is 0 Å². The van der Waals surface area contributed by atoms with Crippen LogP contribution < -0.4 is 11.1 Å². The number of nitrogens with zero attached hydrogens (tertiary/aromatic N) is 1. The molecule has 0 aromatic heterocycles. The van der Waals surface area contributed by atoms with E-state index in [1.54, 1.807) is 12.1 Å². The number of nitrogens with two attached hydrogens (primary N) is 1. The molecule has 5 heteroatoms. The third kappa shape index (κ3) is 3.20. The Kier molecular flexibility index (Phi) is 4.22. The van der Waals surface area contributed by atoms with E-state index in [0.717, 1.165) is 10.2 Å². The molecule has 0 amide bonds. The molecular formula is C9H11BrClN3. The van der Waals surface area contributed by atoms with Crippen LogP contribution in [0.25, 0.3) is 0 Å². The van der Waals surface area contributed by atoms with Gasteiger partial charge in [0.05, 0.1) is 5.69 Å². The van der Waals surface area contributed by atoms with E-state index >= 15 is 0 Å². The molecular weight excluding hydrogens is 265 g/mol. The van der Waals surface area contributed by atoms with Crippen molar-refractivity contribution in [2.45, 2.75) is 6.92 Å². The van der Waals surface area contributed by atoms with Crippen LogP contribution in [-0.4, -0.2) is 12.5 Å². The largest absolute Gasteiger partial charge is 0.370 e. The maximum absolute atomic E-state index is 5.80. The van der Waals surface area contributed by atoms with Crippen molar-refractivity contribution >= 4 is 39.2 Å². The number of anilines is 1. The van der Waals surface area contributed by atoms with Gasteiger partial charge in [0.1, 0.15) is 0 Å². The second kappa shape index (κ2) is 5.22. The summed E-state index contributed by atoms with van der Waals surface area (Å²) in [6.07, 6.45) is 0. The molecule has 0 unspecified atom stereocenters. The monoisotopic (exact) mass is 275 g/mol. The van der Waals surface area contributed by atoms with Gasteiger partial charge in [0.25, 0.3) is 0 Å². The summed E-state index contributed by atoms with van der Waals surface area (Å²) in [6, 6.07) is 5.42. The van der Waals surface area contributed by atoms with Crippen LogP contribution in [-0.2, 0) is 0 Å². The average molecular weight is 277 g/mol. The summed E-state index contributed by atoms with van der Waals surface area (Å²) in [4.78, 5) is 4.01. The molecule has 1 aromatic carbocycles. The van der Waals surface area contributed by atoms with Gasteiger partial charge in [-0.25, -0.2) is 0 Å². The predicted octanol–water partition coefficient (Wildman–Crippen LogP) is 2.85. The normalized spacial score (nSPS) is 11.5. The van der Waals surface area contributed by atoms with Gasteiger partial charge in [-0.15, -0.1) is 0 Å². The number of benzene rings is 1. The van der Waals surface area contributed by atoms with Crippen molar-refractivity contribution in [1.29, 1.82) is 0 Å². The van der Waals surface area contributed by atoms with Gasteiger partial charge in [0.15, 0.2) is 5.96 Å². The van der Waals surface area contributed by atoms with E-state index in [2.05, 4.69) is 26.2 Å². The van der Waals surface area contributed by atoms with Gasteiger partial charge in [-0.1, -0.05) is 11.6 Å². The topological polar surface area (TPSA) is 50.4 Å². The zero-order valence-corrected chi connectivity index (χ0v) is 10.1. The predicted molar refractivity (Wildman–Crippen MR) is 64.9 cm³/mol. The van der Waals surface area contributed by atoms with Gasteiger partial charge in [0.2, 0.25) is 0 Å². The Morgan fingerprint density at radius 2 is 2.36 bits per heavy atom. The van der Waals surface area contributed by atoms with Crippen LogP contribution in [0.15, 0.2) is 27.7 Å². The number of halogens is 2. The van der Waals surface area contributed by atoms with Crippen molar-refractivity contribution in [3.05, 3.63) is 27.7 Å². The number of guanidine groups is 1. The number of hydrogen-bond acceptors (Lipinski definition) is 1. The van der Waals surface area contributed by atoms with Gasteiger partial charge in [-0.05, 0) is 41.1 Å². The molecule has 0 spiro atoms. The summed E-state index contributed by atoms with van der Waals surface area (Å²) in [5, 5.41) is 3.64. The first kappa shape index (κ1) is 11.3. The molecule has 0 fully saturated rings. The Bertz CT molecular complexity index is 352. The third-order valence-electron chi connectivity index (χ3n) is 1.52. The molecule has 76 valence electrons. The minimum Gasteiger partial charge on any atom is -0.370 e. The third-order valence-corrected chi connectivity index (χ3v) is 2.41. The first-order valence-electron chi connectivity index (χ1n) is 4.15. The molecule has 1 rings (SSSR count). The minimum atomic E-state index is 0.399. The first-order chi connectivity index (χ1) is 6.63. The van der Waals surface area contributed by atoms with Gasteiger partial charge in [-0.2, -0.15) is 0 Å². The highest BCUT2D eigenvalue weighted by Gasteiger charge is 2.00. The maximum Gasteiger partial charge on any atom is 0.193 e. The zero-order valence-electron chi connectivity index (χ0n) is 7.72.